The number of hydrogen-bond acceptors (Lipinski definition) is 5. The zero-order valence-corrected chi connectivity index (χ0v) is 11.8. The van der Waals surface area contributed by atoms with Crippen LogP contribution in [0.15, 0.2) is 29.2 Å². The molecule has 1 fully saturated rings. The molecule has 1 heterocycles. The molecule has 0 atom stereocenters. The van der Waals surface area contributed by atoms with Gasteiger partial charge in [-0.1, -0.05) is 43.0 Å². The molecule has 0 unspecified atom stereocenters. The van der Waals surface area contributed by atoms with Gasteiger partial charge in [0, 0.05) is 6.42 Å². The van der Waals surface area contributed by atoms with Crippen molar-refractivity contribution in [1.82, 2.24) is 5.32 Å². The van der Waals surface area contributed by atoms with Crippen LogP contribution in [-0.2, 0) is 9.59 Å². The zero-order valence-electron chi connectivity index (χ0n) is 10.1. The summed E-state index contributed by atoms with van der Waals surface area (Å²) in [7, 11) is 0. The Labute approximate surface area is 120 Å². The number of hydrogen-bond donors (Lipinski definition) is 1. The van der Waals surface area contributed by atoms with E-state index in [1.54, 1.807) is 31.2 Å². The number of amides is 1. The number of benzene rings is 1. The molecule has 1 saturated heterocycles. The summed E-state index contributed by atoms with van der Waals surface area (Å²) in [5, 5.41) is 2.54. The quantitative estimate of drug-likeness (QED) is 0.401. The van der Waals surface area contributed by atoms with Gasteiger partial charge in [-0.2, -0.15) is 0 Å². The fourth-order valence-electron chi connectivity index (χ4n) is 1.44. The first kappa shape index (κ1) is 13.8. The van der Waals surface area contributed by atoms with Crippen molar-refractivity contribution in [3.8, 4) is 5.75 Å². The Morgan fingerprint density at radius 2 is 2.32 bits per heavy atom. The van der Waals surface area contributed by atoms with Crippen LogP contribution in [0.5, 0.6) is 5.75 Å². The molecule has 1 amide bonds. The minimum absolute atomic E-state index is 0.203. The average Bonchev–Trinajstić information content (AvgIpc) is 2.68. The smallest absolute Gasteiger partial charge is 0.310 e. The molecule has 0 bridgehead atoms. The van der Waals surface area contributed by atoms with Crippen LogP contribution in [0.1, 0.15) is 18.9 Å². The highest BCUT2D eigenvalue weighted by atomic mass is 32.2. The first-order chi connectivity index (χ1) is 9.08. The van der Waals surface area contributed by atoms with Gasteiger partial charge in [-0.25, -0.2) is 0 Å². The number of ether oxygens (including phenoxy) is 1. The molecule has 1 aliphatic rings. The third kappa shape index (κ3) is 3.65. The van der Waals surface area contributed by atoms with Crippen molar-refractivity contribution in [2.24, 2.45) is 0 Å². The minimum Gasteiger partial charge on any atom is -0.427 e. The third-order valence-corrected chi connectivity index (χ3v) is 3.48. The molecule has 1 aliphatic heterocycles. The molecule has 19 heavy (non-hydrogen) atoms. The van der Waals surface area contributed by atoms with E-state index in [4.69, 9.17) is 17.0 Å². The van der Waals surface area contributed by atoms with Crippen molar-refractivity contribution in [3.63, 3.8) is 0 Å². The van der Waals surface area contributed by atoms with Crippen molar-refractivity contribution >= 4 is 46.3 Å². The summed E-state index contributed by atoms with van der Waals surface area (Å²) in [5.41, 5.74) is 0.781. The number of carbonyl (C=O) groups excluding carboxylic acids is 2. The molecule has 0 radical (unpaired) electrons. The predicted molar refractivity (Wildman–Crippen MR) is 78.7 cm³/mol. The number of esters is 1. The fraction of sp³-hybridized carbons (Fsp3) is 0.154. The number of thioether (sulfide) groups is 1. The van der Waals surface area contributed by atoms with Crippen LogP contribution in [0.4, 0.5) is 0 Å². The summed E-state index contributed by atoms with van der Waals surface area (Å²) < 4.78 is 5.56. The summed E-state index contributed by atoms with van der Waals surface area (Å²) in [6, 6.07) is 6.99. The van der Waals surface area contributed by atoms with E-state index < -0.39 is 0 Å². The lowest BCUT2D eigenvalue weighted by molar-refractivity contribution is -0.134. The molecular formula is C13H11NO3S2. The van der Waals surface area contributed by atoms with Gasteiger partial charge in [0.2, 0.25) is 0 Å². The maximum absolute atomic E-state index is 11.5. The zero-order chi connectivity index (χ0) is 13.8. The lowest BCUT2D eigenvalue weighted by Crippen LogP contribution is -2.17. The van der Waals surface area contributed by atoms with Crippen LogP contribution >= 0.6 is 24.0 Å². The summed E-state index contributed by atoms with van der Waals surface area (Å²) in [6.45, 7) is 1.73. The van der Waals surface area contributed by atoms with Crippen molar-refractivity contribution in [1.29, 1.82) is 0 Å². The molecule has 0 aromatic heterocycles. The average molecular weight is 293 g/mol. The first-order valence-electron chi connectivity index (χ1n) is 5.64. The predicted octanol–water partition coefficient (Wildman–Crippen LogP) is 2.49. The fourth-order valence-corrected chi connectivity index (χ4v) is 2.49. The molecule has 0 aliphatic carbocycles. The van der Waals surface area contributed by atoms with Crippen LogP contribution in [-0.4, -0.2) is 16.2 Å². The van der Waals surface area contributed by atoms with E-state index in [0.29, 0.717) is 21.4 Å². The second-order valence-corrected chi connectivity index (χ2v) is 5.47. The van der Waals surface area contributed by atoms with Gasteiger partial charge in [-0.3, -0.25) is 9.59 Å². The first-order valence-corrected chi connectivity index (χ1v) is 6.86. The van der Waals surface area contributed by atoms with Gasteiger partial charge < -0.3 is 10.1 Å². The standard InChI is InChI=1S/C13H11NO3S2/c1-2-11(15)17-9-5-3-4-8(6-9)7-10-12(16)14-13(18)19-10/h3-7H,2H2,1H3,(H,14,16,18)/b10-7+. The molecule has 4 nitrogen and oxygen atoms in total. The molecule has 1 aromatic rings. The molecule has 0 saturated carbocycles. The van der Waals surface area contributed by atoms with E-state index in [1.807, 2.05) is 6.07 Å². The number of rotatable bonds is 3. The van der Waals surface area contributed by atoms with E-state index in [2.05, 4.69) is 5.32 Å². The lowest BCUT2D eigenvalue weighted by Gasteiger charge is -2.03. The van der Waals surface area contributed by atoms with Crippen molar-refractivity contribution in [3.05, 3.63) is 34.7 Å². The highest BCUT2D eigenvalue weighted by molar-refractivity contribution is 8.26. The van der Waals surface area contributed by atoms with Gasteiger partial charge in [0.25, 0.3) is 5.91 Å². The Morgan fingerprint density at radius 1 is 1.53 bits per heavy atom. The van der Waals surface area contributed by atoms with E-state index in [1.165, 1.54) is 11.8 Å². The van der Waals surface area contributed by atoms with Crippen LogP contribution in [0.2, 0.25) is 0 Å². The van der Waals surface area contributed by atoms with Crippen molar-refractivity contribution in [2.45, 2.75) is 13.3 Å². The summed E-state index contributed by atoms with van der Waals surface area (Å²) >= 11 is 6.13. The van der Waals surface area contributed by atoms with E-state index in [9.17, 15) is 9.59 Å². The van der Waals surface area contributed by atoms with Crippen molar-refractivity contribution < 1.29 is 14.3 Å². The number of nitrogens with one attached hydrogen (secondary N) is 1. The van der Waals surface area contributed by atoms with Gasteiger partial charge >= 0.3 is 5.97 Å². The molecule has 2 rings (SSSR count). The van der Waals surface area contributed by atoms with Gasteiger partial charge in [-0.05, 0) is 23.8 Å². The summed E-state index contributed by atoms with van der Waals surface area (Å²) in [5.74, 6) is -0.0305. The Kier molecular flexibility index (Phi) is 4.34. The number of carbonyl (C=O) groups is 2. The maximum Gasteiger partial charge on any atom is 0.310 e. The van der Waals surface area contributed by atoms with Gasteiger partial charge in [0.15, 0.2) is 0 Å². The normalized spacial score (nSPS) is 16.6. The molecule has 98 valence electrons. The SMILES string of the molecule is CCC(=O)Oc1cccc(/C=C2/SC(=S)NC2=O)c1. The number of thiocarbonyl (C=S) groups is 1. The van der Waals surface area contributed by atoms with E-state index in [-0.39, 0.29) is 11.9 Å². The van der Waals surface area contributed by atoms with Crippen LogP contribution < -0.4 is 10.1 Å². The summed E-state index contributed by atoms with van der Waals surface area (Å²) in [6.07, 6.45) is 2.03. The minimum atomic E-state index is -0.293. The Bertz CT molecular complexity index is 581. The van der Waals surface area contributed by atoms with Crippen molar-refractivity contribution in [2.75, 3.05) is 0 Å². The van der Waals surface area contributed by atoms with E-state index >= 15 is 0 Å². The Hall–Kier alpha value is -1.66. The highest BCUT2D eigenvalue weighted by Gasteiger charge is 2.21. The van der Waals surface area contributed by atoms with Gasteiger partial charge in [-0.15, -0.1) is 0 Å². The molecule has 1 N–H and O–H groups in total. The third-order valence-electron chi connectivity index (χ3n) is 2.32. The molecule has 6 heteroatoms. The largest absolute Gasteiger partial charge is 0.427 e. The maximum atomic E-state index is 11.5. The summed E-state index contributed by atoms with van der Waals surface area (Å²) in [4.78, 5) is 23.3. The van der Waals surface area contributed by atoms with E-state index in [0.717, 1.165) is 5.56 Å². The van der Waals surface area contributed by atoms with Gasteiger partial charge in [0.05, 0.1) is 4.91 Å². The topological polar surface area (TPSA) is 55.4 Å². The van der Waals surface area contributed by atoms with Gasteiger partial charge in [0.1, 0.15) is 10.1 Å². The lowest BCUT2D eigenvalue weighted by atomic mass is 10.2. The second kappa shape index (κ2) is 5.99. The van der Waals surface area contributed by atoms with Crippen LogP contribution in [0.3, 0.4) is 0 Å². The monoisotopic (exact) mass is 293 g/mol. The van der Waals surface area contributed by atoms with Crippen LogP contribution in [0, 0.1) is 0 Å². The molecular weight excluding hydrogens is 282 g/mol. The van der Waals surface area contributed by atoms with Crippen LogP contribution in [0.25, 0.3) is 6.08 Å². The second-order valence-electron chi connectivity index (χ2n) is 3.75. The molecule has 0 spiro atoms. The molecule has 1 aromatic carbocycles. The highest BCUT2D eigenvalue weighted by Crippen LogP contribution is 2.26. The Morgan fingerprint density at radius 3 is 2.95 bits per heavy atom. The Balaban J connectivity index is 2.19.